The van der Waals surface area contributed by atoms with E-state index in [1.807, 2.05) is 19.1 Å². The summed E-state index contributed by atoms with van der Waals surface area (Å²) in [7, 11) is 0. The van der Waals surface area contributed by atoms with Gasteiger partial charge >= 0.3 is 59.7 Å². The van der Waals surface area contributed by atoms with Crippen molar-refractivity contribution in [1.29, 1.82) is 0 Å². The minimum atomic E-state index is -1.14. The normalized spacial score (nSPS) is 15.9. The maximum atomic E-state index is 12.2. The Hall–Kier alpha value is -15.6. The van der Waals surface area contributed by atoms with Crippen molar-refractivity contribution in [2.45, 2.75) is 162 Å². The number of ketones is 1. The second kappa shape index (κ2) is 48.5. The standard InChI is InChI=1S/C19H19NO8.C17H20N2O9.C16H12N2O8.C13H14N2O8.C12H12N2O9/c1-14-2-6-16(7-3-14)27-18(21)12-25-10-11-26-13-19(22)28-17-8-4-15(5-9-17)20(23)24;1-2-3-11(20)10(8-16(25)27-18-12(21)4-5-13(18)22)9-17(26)28-19-14(23)6-7-15(19)24;19-11-4-5-12(20)17(11)25-15(23)9-2-1-3-10(8-9)16(24)26-18-13(21)6-7-14(18)22;16-8-4-5-9(17)14(8)22-12(20)2-1-3-13(21)23-15-10(18)6-7-11(15)19;15-7-1-2-8(16)13(7)22-11(19)5-21-6-12(20)23-14-9(17)3-4-10(14)18/h2-9H,10-13H2,1H3;10H,2-9H2,1H3;1-3,8H,4-7H2;1-7H2;1-6H2. The number of carbonyl (C=O) groups is 27. The first-order valence-electron chi connectivity index (χ1n) is 38.4. The third-order valence-electron chi connectivity index (χ3n) is 17.2. The first-order valence-corrected chi connectivity index (χ1v) is 38.4. The second-order valence-corrected chi connectivity index (χ2v) is 27.1. The fourth-order valence-corrected chi connectivity index (χ4v) is 10.9. The summed E-state index contributed by atoms with van der Waals surface area (Å²) in [6, 6.07) is 17.2. The molecule has 0 unspecified atom stereocenters. The smallest absolute Gasteiger partial charge is 0.363 e. The lowest BCUT2D eigenvalue weighted by Crippen LogP contribution is -2.35. The van der Waals surface area contributed by atoms with E-state index in [4.69, 9.17) is 38.3 Å². The van der Waals surface area contributed by atoms with Crippen molar-refractivity contribution in [2.24, 2.45) is 5.92 Å². The molecule has 0 N–H and O–H groups in total. The Morgan fingerprint density at radius 3 is 0.867 bits per heavy atom. The van der Waals surface area contributed by atoms with Gasteiger partial charge in [0.25, 0.3) is 100 Å². The lowest BCUT2D eigenvalue weighted by molar-refractivity contribution is -0.384. The van der Waals surface area contributed by atoms with Gasteiger partial charge in [-0.3, -0.25) is 91.6 Å². The van der Waals surface area contributed by atoms with Crippen LogP contribution in [0, 0.1) is 23.0 Å². The van der Waals surface area contributed by atoms with Gasteiger partial charge in [0.1, 0.15) is 43.7 Å². The molecule has 3 aromatic carbocycles. The molecule has 8 aliphatic rings. The van der Waals surface area contributed by atoms with Gasteiger partial charge in [-0.25, -0.2) is 47.9 Å². The van der Waals surface area contributed by atoms with E-state index in [1.54, 1.807) is 19.1 Å². The van der Waals surface area contributed by atoms with E-state index in [0.717, 1.165) is 11.6 Å². The minimum Gasteiger partial charge on any atom is -0.425 e. The van der Waals surface area contributed by atoms with Gasteiger partial charge in [-0.2, -0.15) is 0 Å². The summed E-state index contributed by atoms with van der Waals surface area (Å²) >= 11 is 0. The van der Waals surface area contributed by atoms with E-state index >= 15 is 0 Å². The monoisotopic (exact) mass is 1800 g/mol. The summed E-state index contributed by atoms with van der Waals surface area (Å²) < 4.78 is 24.9. The number of nitrogens with zero attached hydrogens (tertiary/aromatic N) is 9. The van der Waals surface area contributed by atoms with Gasteiger partial charge < -0.3 is 62.4 Å². The van der Waals surface area contributed by atoms with Crippen molar-refractivity contribution >= 4 is 166 Å². The minimum absolute atomic E-state index is 0.00364. The van der Waals surface area contributed by atoms with Crippen molar-refractivity contribution in [3.8, 4) is 11.5 Å². The predicted molar refractivity (Wildman–Crippen MR) is 397 cm³/mol. The molecule has 51 nitrogen and oxygen atoms in total. The van der Waals surface area contributed by atoms with Gasteiger partial charge in [-0.15, -0.1) is 40.5 Å². The molecule has 0 radical (unpaired) electrons. The van der Waals surface area contributed by atoms with Crippen molar-refractivity contribution in [1.82, 2.24) is 40.5 Å². The van der Waals surface area contributed by atoms with Gasteiger partial charge in [-0.05, 0) is 62.2 Å². The molecule has 51 heteroatoms. The summed E-state index contributed by atoms with van der Waals surface area (Å²) in [4.78, 5) is 358. The highest BCUT2D eigenvalue weighted by molar-refractivity contribution is 6.07. The highest BCUT2D eigenvalue weighted by Crippen LogP contribution is 2.25. The van der Waals surface area contributed by atoms with Gasteiger partial charge in [-0.1, -0.05) is 30.7 Å². The van der Waals surface area contributed by atoms with Crippen LogP contribution in [0.2, 0.25) is 0 Å². The van der Waals surface area contributed by atoms with Crippen molar-refractivity contribution < 1.29 is 197 Å². The van der Waals surface area contributed by atoms with Crippen LogP contribution in [-0.4, -0.2) is 245 Å². The summed E-state index contributed by atoms with van der Waals surface area (Å²) in [5.74, 6) is -20.2. The third kappa shape index (κ3) is 31.0. The number of non-ortho nitro benzene ring substituents is 1. The molecule has 0 aromatic heterocycles. The Kier molecular flexibility index (Phi) is 37.7. The number of hydrogen-bond acceptors (Lipinski definition) is 42. The number of ether oxygens (including phenoxy) is 5. The number of nitro benzene ring substituents is 1. The molecule has 16 amide bonds. The molecule has 0 saturated carbocycles. The largest absolute Gasteiger partial charge is 0.425 e. The molecule has 0 spiro atoms. The SMILES string of the molecule is CCCC(=O)C(CC(=O)ON1C(=O)CCC1=O)CC(=O)ON1C(=O)CCC1=O.Cc1ccc(OC(=O)COCCOCC(=O)Oc2ccc([N+](=O)[O-])cc2)cc1.O=C(CCCC(=O)ON1C(=O)CCC1=O)ON1C(=O)CCC1=O.O=C(COCC(=O)ON1C(=O)CCC1=O)ON1C(=O)CCC1=O.O=C(ON1C(=O)CCC1=O)c1cccc(C(=O)ON2C(=O)CCC2=O)c1. The number of amides is 16. The molecular formula is C77H77N9O42. The lowest BCUT2D eigenvalue weighted by atomic mass is 9.94. The number of rotatable bonds is 35. The molecule has 3 aromatic rings. The third-order valence-corrected chi connectivity index (χ3v) is 17.2. The number of Topliss-reactive ketones (excluding diaryl/α,β-unsaturated/α-hetero) is 1. The van der Waals surface area contributed by atoms with Crippen molar-refractivity contribution in [3.63, 3.8) is 0 Å². The number of nitro groups is 1. The van der Waals surface area contributed by atoms with Gasteiger partial charge in [0.2, 0.25) is 0 Å². The zero-order valence-electron chi connectivity index (χ0n) is 67.7. The fourth-order valence-electron chi connectivity index (χ4n) is 10.9. The van der Waals surface area contributed by atoms with E-state index in [2.05, 4.69) is 24.1 Å². The van der Waals surface area contributed by atoms with Gasteiger partial charge in [0, 0.05) is 140 Å². The quantitative estimate of drug-likeness (QED) is 0.0189. The van der Waals surface area contributed by atoms with Crippen LogP contribution in [0.4, 0.5) is 5.69 Å². The summed E-state index contributed by atoms with van der Waals surface area (Å²) in [5.41, 5.74) is 0.714. The topological polar surface area (TPSA) is 650 Å². The Morgan fingerprint density at radius 2 is 0.586 bits per heavy atom. The summed E-state index contributed by atoms with van der Waals surface area (Å²) in [6.07, 6.45) is -1.69. The van der Waals surface area contributed by atoms with Crippen LogP contribution in [0.1, 0.15) is 181 Å². The van der Waals surface area contributed by atoms with Crippen LogP contribution in [0.3, 0.4) is 0 Å². The van der Waals surface area contributed by atoms with Crippen LogP contribution in [0.5, 0.6) is 11.5 Å². The van der Waals surface area contributed by atoms with Crippen LogP contribution in [0.25, 0.3) is 0 Å². The zero-order chi connectivity index (χ0) is 94.0. The van der Waals surface area contributed by atoms with Gasteiger partial charge in [0.05, 0.1) is 42.1 Å². The second-order valence-electron chi connectivity index (χ2n) is 27.1. The molecule has 8 fully saturated rings. The number of aryl methyl sites for hydroxylation is 1. The molecule has 8 saturated heterocycles. The molecule has 11 rings (SSSR count). The van der Waals surface area contributed by atoms with Crippen molar-refractivity contribution in [2.75, 3.05) is 39.6 Å². The molecule has 8 heterocycles. The predicted octanol–water partition coefficient (Wildman–Crippen LogP) is 0.131. The first kappa shape index (κ1) is 99.5. The number of carbonyl (C=O) groups excluding carboxylic acids is 27. The average Bonchev–Trinajstić information content (AvgIpc) is 1.48. The lowest BCUT2D eigenvalue weighted by Gasteiger charge is -2.18. The van der Waals surface area contributed by atoms with Crippen LogP contribution >= 0.6 is 0 Å². The van der Waals surface area contributed by atoms with E-state index in [1.165, 1.54) is 42.5 Å². The fraction of sp³-hybridized carbons (Fsp3) is 0.416. The molecule has 128 heavy (non-hydrogen) atoms. The number of hydroxylamine groups is 16. The Labute approximate surface area is 718 Å². The molecule has 682 valence electrons. The first-order chi connectivity index (χ1) is 60.8. The summed E-state index contributed by atoms with van der Waals surface area (Å²) in [6.45, 7) is 1.80. The Bertz CT molecular complexity index is 4500. The zero-order valence-corrected chi connectivity index (χ0v) is 67.7. The molecule has 0 bridgehead atoms. The molecular weight excluding hydrogens is 1720 g/mol. The van der Waals surface area contributed by atoms with Crippen LogP contribution in [-0.2, 0) is 173 Å². The summed E-state index contributed by atoms with van der Waals surface area (Å²) in [5, 5.41) is 13.5. The highest BCUT2D eigenvalue weighted by Gasteiger charge is 2.41. The van der Waals surface area contributed by atoms with Crippen LogP contribution < -0.4 is 9.47 Å². The van der Waals surface area contributed by atoms with Crippen LogP contribution in [0.15, 0.2) is 72.8 Å². The maximum absolute atomic E-state index is 12.2. The number of hydrogen-bond donors (Lipinski definition) is 0. The van der Waals surface area contributed by atoms with E-state index in [-0.39, 0.29) is 177 Å². The number of esters is 2. The average molecular weight is 1800 g/mol. The molecule has 8 aliphatic heterocycles. The maximum Gasteiger partial charge on any atom is 0.363 e. The van der Waals surface area contributed by atoms with E-state index < -0.39 is 197 Å². The Balaban J connectivity index is 0.000000220. The van der Waals surface area contributed by atoms with E-state index in [0.29, 0.717) is 52.7 Å². The van der Waals surface area contributed by atoms with Gasteiger partial charge in [0.15, 0.2) is 0 Å². The number of imide groups is 8. The molecule has 0 atom stereocenters. The molecule has 0 aliphatic carbocycles. The highest BCUT2D eigenvalue weighted by atomic mass is 16.8. The Morgan fingerprint density at radius 1 is 0.328 bits per heavy atom. The van der Waals surface area contributed by atoms with E-state index in [9.17, 15) is 140 Å². The van der Waals surface area contributed by atoms with Crippen molar-refractivity contribution in [3.05, 3.63) is 99.6 Å². The number of benzene rings is 3.